The van der Waals surface area contributed by atoms with Crippen molar-refractivity contribution < 1.29 is 9.53 Å². The Kier molecular flexibility index (Phi) is 5.68. The molecule has 0 bridgehead atoms. The van der Waals surface area contributed by atoms with Crippen LogP contribution in [0.3, 0.4) is 0 Å². The van der Waals surface area contributed by atoms with Gasteiger partial charge in [0.25, 0.3) is 5.91 Å². The van der Waals surface area contributed by atoms with Crippen LogP contribution in [-0.2, 0) is 0 Å². The third-order valence-electron chi connectivity index (χ3n) is 4.93. The number of aryl methyl sites for hydroxylation is 1. The number of ether oxygens (including phenoxy) is 1. The molecule has 2 heterocycles. The molecule has 6 nitrogen and oxygen atoms in total. The van der Waals surface area contributed by atoms with Crippen LogP contribution in [0, 0.1) is 6.92 Å². The summed E-state index contributed by atoms with van der Waals surface area (Å²) in [6.45, 7) is 4.11. The lowest BCUT2D eigenvalue weighted by Gasteiger charge is -2.37. The molecule has 2 aromatic carbocycles. The first-order chi connectivity index (χ1) is 12.7. The molecule has 0 saturated carbocycles. The number of benzene rings is 2. The largest absolute Gasteiger partial charge is 0.496 e. The van der Waals surface area contributed by atoms with Crippen LogP contribution in [-0.4, -0.2) is 47.7 Å². The summed E-state index contributed by atoms with van der Waals surface area (Å²) in [5, 5.41) is 11.4. The van der Waals surface area contributed by atoms with Gasteiger partial charge >= 0.3 is 0 Å². The Bertz CT molecular complexity index is 956. The van der Waals surface area contributed by atoms with Crippen LogP contribution in [0.5, 0.6) is 5.75 Å². The molecule has 1 aliphatic heterocycles. The fourth-order valence-corrected chi connectivity index (χ4v) is 3.70. The fraction of sp³-hybridized carbons (Fsp3) is 0.300. The first-order valence-electron chi connectivity index (χ1n) is 8.77. The smallest absolute Gasteiger partial charge is 0.256 e. The van der Waals surface area contributed by atoms with Gasteiger partial charge in [-0.2, -0.15) is 5.10 Å². The highest BCUT2D eigenvalue weighted by atomic mass is 35.5. The lowest BCUT2D eigenvalue weighted by molar-refractivity contribution is 0.0633. The van der Waals surface area contributed by atoms with E-state index >= 15 is 0 Å². The van der Waals surface area contributed by atoms with E-state index in [2.05, 4.69) is 15.5 Å². The SMILES string of the molecule is COc1ccccc1C1CNCCN1C(=O)c1cc(C)cc2cn[nH]c12.Cl. The van der Waals surface area contributed by atoms with E-state index in [1.54, 1.807) is 13.3 Å². The molecule has 1 aliphatic rings. The van der Waals surface area contributed by atoms with Crippen LogP contribution in [0.25, 0.3) is 10.9 Å². The second-order valence-electron chi connectivity index (χ2n) is 6.61. The number of H-pyrrole nitrogens is 1. The van der Waals surface area contributed by atoms with E-state index in [1.165, 1.54) is 0 Å². The number of halogens is 1. The van der Waals surface area contributed by atoms with Crippen LogP contribution in [0.15, 0.2) is 42.6 Å². The average Bonchev–Trinajstić information content (AvgIpc) is 3.15. The number of aromatic amines is 1. The predicted molar refractivity (Wildman–Crippen MR) is 108 cm³/mol. The van der Waals surface area contributed by atoms with Crippen molar-refractivity contribution in [3.63, 3.8) is 0 Å². The molecule has 3 aromatic rings. The van der Waals surface area contributed by atoms with Crippen molar-refractivity contribution in [2.45, 2.75) is 13.0 Å². The van der Waals surface area contributed by atoms with Gasteiger partial charge in [-0.25, -0.2) is 0 Å². The van der Waals surface area contributed by atoms with Gasteiger partial charge in [0.2, 0.25) is 0 Å². The Hall–Kier alpha value is -2.57. The molecule has 1 amide bonds. The Morgan fingerprint density at radius 2 is 2.11 bits per heavy atom. The Morgan fingerprint density at radius 3 is 2.93 bits per heavy atom. The highest BCUT2D eigenvalue weighted by Crippen LogP contribution is 2.32. The molecule has 0 spiro atoms. The van der Waals surface area contributed by atoms with E-state index in [0.29, 0.717) is 18.7 Å². The number of nitrogens with one attached hydrogen (secondary N) is 2. The first-order valence-corrected chi connectivity index (χ1v) is 8.77. The van der Waals surface area contributed by atoms with Gasteiger partial charge in [0.15, 0.2) is 0 Å². The molecule has 1 unspecified atom stereocenters. The van der Waals surface area contributed by atoms with Crippen LogP contribution in [0.2, 0.25) is 0 Å². The molecule has 1 atom stereocenters. The molecule has 7 heteroatoms. The molecule has 0 aliphatic carbocycles. The Balaban J connectivity index is 0.00000210. The van der Waals surface area contributed by atoms with Gasteiger partial charge in [0, 0.05) is 30.6 Å². The van der Waals surface area contributed by atoms with Crippen molar-refractivity contribution >= 4 is 29.2 Å². The van der Waals surface area contributed by atoms with Gasteiger partial charge in [0.05, 0.1) is 30.4 Å². The number of amides is 1. The van der Waals surface area contributed by atoms with Crippen LogP contribution in [0.1, 0.15) is 27.5 Å². The lowest BCUT2D eigenvalue weighted by Crippen LogP contribution is -2.48. The lowest BCUT2D eigenvalue weighted by atomic mass is 9.99. The molecule has 4 rings (SSSR count). The van der Waals surface area contributed by atoms with Crippen molar-refractivity contribution in [2.75, 3.05) is 26.7 Å². The predicted octanol–water partition coefficient (Wildman–Crippen LogP) is 3.09. The quantitative estimate of drug-likeness (QED) is 0.725. The number of aromatic nitrogens is 2. The molecule has 142 valence electrons. The number of rotatable bonds is 3. The highest BCUT2D eigenvalue weighted by molar-refractivity contribution is 6.06. The van der Waals surface area contributed by atoms with Crippen molar-refractivity contribution in [1.82, 2.24) is 20.4 Å². The van der Waals surface area contributed by atoms with Crippen molar-refractivity contribution in [2.24, 2.45) is 0 Å². The highest BCUT2D eigenvalue weighted by Gasteiger charge is 2.31. The number of methoxy groups -OCH3 is 1. The summed E-state index contributed by atoms with van der Waals surface area (Å²) in [5.74, 6) is 0.815. The van der Waals surface area contributed by atoms with Crippen LogP contribution >= 0.6 is 12.4 Å². The summed E-state index contributed by atoms with van der Waals surface area (Å²) in [5.41, 5.74) is 3.52. The van der Waals surface area contributed by atoms with Crippen LogP contribution in [0.4, 0.5) is 0 Å². The second kappa shape index (κ2) is 7.98. The fourth-order valence-electron chi connectivity index (χ4n) is 3.70. The second-order valence-corrected chi connectivity index (χ2v) is 6.61. The van der Waals surface area contributed by atoms with Gasteiger partial charge in [-0.3, -0.25) is 9.89 Å². The summed E-state index contributed by atoms with van der Waals surface area (Å²) in [6, 6.07) is 11.8. The minimum Gasteiger partial charge on any atom is -0.496 e. The minimum atomic E-state index is -0.0779. The maximum atomic E-state index is 13.5. The van der Waals surface area contributed by atoms with Crippen molar-refractivity contribution in [1.29, 1.82) is 0 Å². The van der Waals surface area contributed by atoms with Crippen LogP contribution < -0.4 is 10.1 Å². The van der Waals surface area contributed by atoms with Gasteiger partial charge in [-0.05, 0) is 30.7 Å². The number of piperazine rings is 1. The van der Waals surface area contributed by atoms with Gasteiger partial charge < -0.3 is 15.0 Å². The number of fused-ring (bicyclic) bond motifs is 1. The molecule has 2 N–H and O–H groups in total. The maximum Gasteiger partial charge on any atom is 0.256 e. The monoisotopic (exact) mass is 386 g/mol. The summed E-state index contributed by atoms with van der Waals surface area (Å²) >= 11 is 0. The maximum absolute atomic E-state index is 13.5. The van der Waals surface area contributed by atoms with E-state index in [0.717, 1.165) is 34.3 Å². The molecule has 27 heavy (non-hydrogen) atoms. The standard InChI is InChI=1S/C20H22N4O2.ClH/c1-13-9-14-11-22-23-19(14)16(10-13)20(25)24-8-7-21-12-17(24)15-5-3-4-6-18(15)26-2;/h3-6,9-11,17,21H,7-8,12H2,1-2H3,(H,22,23);1H. The van der Waals surface area contributed by atoms with E-state index in [4.69, 9.17) is 4.74 Å². The number of para-hydroxylation sites is 1. The van der Waals surface area contributed by atoms with E-state index < -0.39 is 0 Å². The van der Waals surface area contributed by atoms with Crippen molar-refractivity contribution in [3.8, 4) is 5.75 Å². The molecular weight excluding hydrogens is 364 g/mol. The number of carbonyl (C=O) groups is 1. The zero-order valence-corrected chi connectivity index (χ0v) is 16.2. The van der Waals surface area contributed by atoms with E-state index in [9.17, 15) is 4.79 Å². The van der Waals surface area contributed by atoms with Gasteiger partial charge in [-0.15, -0.1) is 12.4 Å². The summed E-state index contributed by atoms with van der Waals surface area (Å²) in [6.07, 6.45) is 1.76. The van der Waals surface area contributed by atoms with Crippen molar-refractivity contribution in [3.05, 3.63) is 59.3 Å². The topological polar surface area (TPSA) is 70.2 Å². The third kappa shape index (κ3) is 3.50. The van der Waals surface area contributed by atoms with Gasteiger partial charge in [-0.1, -0.05) is 18.2 Å². The number of nitrogens with zero attached hydrogens (tertiary/aromatic N) is 2. The summed E-state index contributed by atoms with van der Waals surface area (Å²) in [4.78, 5) is 15.4. The van der Waals surface area contributed by atoms with E-state index in [-0.39, 0.29) is 24.4 Å². The first kappa shape index (κ1) is 19.2. The molecule has 1 saturated heterocycles. The molecule has 1 aromatic heterocycles. The average molecular weight is 387 g/mol. The number of hydrogen-bond donors (Lipinski definition) is 2. The number of carbonyl (C=O) groups excluding carboxylic acids is 1. The minimum absolute atomic E-state index is 0. The Labute approximate surface area is 164 Å². The zero-order chi connectivity index (χ0) is 18.1. The third-order valence-corrected chi connectivity index (χ3v) is 4.93. The van der Waals surface area contributed by atoms with Gasteiger partial charge in [0.1, 0.15) is 5.75 Å². The molecule has 0 radical (unpaired) electrons. The zero-order valence-electron chi connectivity index (χ0n) is 15.4. The van der Waals surface area contributed by atoms with E-state index in [1.807, 2.05) is 48.2 Å². The summed E-state index contributed by atoms with van der Waals surface area (Å²) < 4.78 is 5.53. The number of hydrogen-bond acceptors (Lipinski definition) is 4. The molecular formula is C20H23ClN4O2. The molecule has 1 fully saturated rings. The summed E-state index contributed by atoms with van der Waals surface area (Å²) in [7, 11) is 1.66. The Morgan fingerprint density at radius 1 is 1.30 bits per heavy atom. The normalized spacial score (nSPS) is 16.8.